The summed E-state index contributed by atoms with van der Waals surface area (Å²) in [4.78, 5) is 34.4. The fraction of sp³-hybridized carbons (Fsp3) is 0.786. The van der Waals surface area contributed by atoms with Crippen LogP contribution >= 0.6 is 0 Å². The van der Waals surface area contributed by atoms with Gasteiger partial charge in [-0.05, 0) is 25.2 Å². The van der Waals surface area contributed by atoms with Gasteiger partial charge in [0.05, 0.1) is 12.1 Å². The van der Waals surface area contributed by atoms with E-state index in [2.05, 4.69) is 10.6 Å². The predicted octanol–water partition coefficient (Wildman–Crippen LogP) is 0.272. The molecule has 0 spiro atoms. The van der Waals surface area contributed by atoms with Crippen LogP contribution in [0.1, 0.15) is 46.5 Å². The molecule has 0 saturated carbocycles. The van der Waals surface area contributed by atoms with Gasteiger partial charge < -0.3 is 22.1 Å². The minimum atomic E-state index is -0.610. The summed E-state index contributed by atoms with van der Waals surface area (Å²) in [5.41, 5.74) is 10.8. The lowest BCUT2D eigenvalue weighted by molar-refractivity contribution is -0.128. The monoisotopic (exact) mass is 300 g/mol. The molecule has 6 N–H and O–H groups in total. The number of ketones is 1. The lowest BCUT2D eigenvalue weighted by Gasteiger charge is -2.20. The summed E-state index contributed by atoms with van der Waals surface area (Å²) in [6.45, 7) is 6.09. The van der Waals surface area contributed by atoms with E-state index >= 15 is 0 Å². The summed E-state index contributed by atoms with van der Waals surface area (Å²) in [5, 5.41) is 5.15. The number of hydrogen-bond donors (Lipinski definition) is 4. The van der Waals surface area contributed by atoms with Crippen LogP contribution in [-0.2, 0) is 9.59 Å². The third-order valence-electron chi connectivity index (χ3n) is 3.08. The first-order chi connectivity index (χ1) is 9.77. The van der Waals surface area contributed by atoms with Crippen LogP contribution in [0.3, 0.4) is 0 Å². The number of amides is 3. The van der Waals surface area contributed by atoms with Gasteiger partial charge in [0.1, 0.15) is 0 Å². The summed E-state index contributed by atoms with van der Waals surface area (Å²) in [5.74, 6) is -0.0385. The third-order valence-corrected chi connectivity index (χ3v) is 3.08. The Labute approximate surface area is 126 Å². The number of rotatable bonds is 10. The highest BCUT2D eigenvalue weighted by Gasteiger charge is 2.22. The molecule has 0 aromatic rings. The number of urea groups is 1. The molecular formula is C14H28N4O3. The van der Waals surface area contributed by atoms with Crippen molar-refractivity contribution in [1.29, 1.82) is 0 Å². The van der Waals surface area contributed by atoms with Crippen molar-refractivity contribution in [3.8, 4) is 0 Å². The van der Waals surface area contributed by atoms with Crippen molar-refractivity contribution in [3.05, 3.63) is 0 Å². The second-order valence-corrected chi connectivity index (χ2v) is 5.55. The van der Waals surface area contributed by atoms with Crippen molar-refractivity contribution in [3.63, 3.8) is 0 Å². The topological polar surface area (TPSA) is 127 Å². The van der Waals surface area contributed by atoms with E-state index in [0.29, 0.717) is 38.1 Å². The molecule has 0 aliphatic rings. The van der Waals surface area contributed by atoms with E-state index in [1.54, 1.807) is 6.92 Å². The average Bonchev–Trinajstić information content (AvgIpc) is 2.39. The lowest BCUT2D eigenvalue weighted by Crippen LogP contribution is -2.49. The van der Waals surface area contributed by atoms with Crippen molar-refractivity contribution < 1.29 is 14.4 Å². The first-order valence-electron chi connectivity index (χ1n) is 7.39. The van der Waals surface area contributed by atoms with Crippen molar-refractivity contribution in [2.45, 2.75) is 58.5 Å². The molecule has 2 atom stereocenters. The molecule has 0 rings (SSSR count). The minimum Gasteiger partial charge on any atom is -0.352 e. The van der Waals surface area contributed by atoms with Crippen LogP contribution in [-0.4, -0.2) is 36.3 Å². The van der Waals surface area contributed by atoms with Crippen LogP contribution in [0.2, 0.25) is 0 Å². The van der Waals surface area contributed by atoms with E-state index in [9.17, 15) is 14.4 Å². The van der Waals surface area contributed by atoms with E-state index in [4.69, 9.17) is 11.5 Å². The maximum atomic E-state index is 12.0. The summed E-state index contributed by atoms with van der Waals surface area (Å²) < 4.78 is 0. The molecule has 0 aliphatic carbocycles. The Kier molecular flexibility index (Phi) is 9.36. The van der Waals surface area contributed by atoms with Crippen LogP contribution in [0, 0.1) is 5.92 Å². The summed E-state index contributed by atoms with van der Waals surface area (Å²) in [7, 11) is 0. The predicted molar refractivity (Wildman–Crippen MR) is 81.5 cm³/mol. The number of Topliss-reactive ketones (excluding diaryl/α,β-unsaturated/α-hetero) is 1. The van der Waals surface area contributed by atoms with Crippen molar-refractivity contribution in [2.24, 2.45) is 17.4 Å². The van der Waals surface area contributed by atoms with Crippen LogP contribution in [0.4, 0.5) is 4.79 Å². The molecule has 0 aliphatic heterocycles. The molecule has 3 amide bonds. The first kappa shape index (κ1) is 19.4. The second-order valence-electron chi connectivity index (χ2n) is 5.55. The third kappa shape index (κ3) is 9.01. The maximum Gasteiger partial charge on any atom is 0.312 e. The van der Waals surface area contributed by atoms with E-state index < -0.39 is 18.1 Å². The number of nitrogens with one attached hydrogen (secondary N) is 2. The Hall–Kier alpha value is -1.63. The lowest BCUT2D eigenvalue weighted by atomic mass is 10.0. The quantitative estimate of drug-likeness (QED) is 0.432. The van der Waals surface area contributed by atoms with E-state index in [1.165, 1.54) is 0 Å². The van der Waals surface area contributed by atoms with Crippen LogP contribution in [0.15, 0.2) is 0 Å². The van der Waals surface area contributed by atoms with Crippen LogP contribution in [0.5, 0.6) is 0 Å². The van der Waals surface area contributed by atoms with Gasteiger partial charge in [-0.15, -0.1) is 0 Å². The maximum absolute atomic E-state index is 12.0. The van der Waals surface area contributed by atoms with E-state index in [1.807, 2.05) is 13.8 Å². The molecule has 0 aromatic carbocycles. The largest absolute Gasteiger partial charge is 0.352 e. The molecule has 7 nitrogen and oxygen atoms in total. The Balaban J connectivity index is 4.38. The number of nitrogens with two attached hydrogens (primary N) is 2. The molecular weight excluding hydrogens is 272 g/mol. The van der Waals surface area contributed by atoms with Gasteiger partial charge in [-0.3, -0.25) is 9.59 Å². The summed E-state index contributed by atoms with van der Waals surface area (Å²) in [6, 6.07) is -1.77. The van der Waals surface area contributed by atoms with Crippen molar-refractivity contribution >= 4 is 17.7 Å². The zero-order chi connectivity index (χ0) is 16.4. The standard InChI is InChI=1S/C14H28N4O3/c1-4-12(19)11(6-5-7-17-14(16)21)18-13(20)10(15)8-9(2)3/h9-11H,4-8,15H2,1-3H3,(H,18,20)(H3,16,17,21). The Bertz CT molecular complexity index is 358. The molecule has 2 unspecified atom stereocenters. The number of carbonyl (C=O) groups is 3. The first-order valence-corrected chi connectivity index (χ1v) is 7.39. The van der Waals surface area contributed by atoms with Gasteiger partial charge in [0.25, 0.3) is 0 Å². The molecule has 0 bridgehead atoms. The molecule has 0 radical (unpaired) electrons. The highest BCUT2D eigenvalue weighted by molar-refractivity contribution is 5.90. The van der Waals surface area contributed by atoms with Gasteiger partial charge in [-0.2, -0.15) is 0 Å². The fourth-order valence-electron chi connectivity index (χ4n) is 1.97. The molecule has 7 heteroatoms. The fourth-order valence-corrected chi connectivity index (χ4v) is 1.97. The molecule has 0 heterocycles. The number of carbonyl (C=O) groups excluding carboxylic acids is 3. The summed E-state index contributed by atoms with van der Waals surface area (Å²) >= 11 is 0. The Morgan fingerprint density at radius 3 is 2.29 bits per heavy atom. The second kappa shape index (κ2) is 10.1. The highest BCUT2D eigenvalue weighted by atomic mass is 16.2. The van der Waals surface area contributed by atoms with E-state index in [-0.39, 0.29) is 11.7 Å². The summed E-state index contributed by atoms with van der Waals surface area (Å²) in [6.07, 6.45) is 1.92. The van der Waals surface area contributed by atoms with Gasteiger partial charge in [0.15, 0.2) is 5.78 Å². The number of hydrogen-bond acceptors (Lipinski definition) is 4. The molecule has 0 fully saturated rings. The van der Waals surface area contributed by atoms with Crippen molar-refractivity contribution in [1.82, 2.24) is 10.6 Å². The molecule has 0 saturated heterocycles. The average molecular weight is 300 g/mol. The highest BCUT2D eigenvalue weighted by Crippen LogP contribution is 2.05. The van der Waals surface area contributed by atoms with Gasteiger partial charge in [0, 0.05) is 13.0 Å². The Morgan fingerprint density at radius 2 is 1.81 bits per heavy atom. The number of primary amides is 1. The van der Waals surface area contributed by atoms with Crippen molar-refractivity contribution in [2.75, 3.05) is 6.54 Å². The minimum absolute atomic E-state index is 0.0424. The van der Waals surface area contributed by atoms with Crippen LogP contribution in [0.25, 0.3) is 0 Å². The van der Waals surface area contributed by atoms with E-state index in [0.717, 1.165) is 0 Å². The van der Waals surface area contributed by atoms with Gasteiger partial charge in [-0.25, -0.2) is 4.79 Å². The SMILES string of the molecule is CCC(=O)C(CCCNC(N)=O)NC(=O)C(N)CC(C)C. The molecule has 21 heavy (non-hydrogen) atoms. The smallest absolute Gasteiger partial charge is 0.312 e. The normalized spacial score (nSPS) is 13.6. The Morgan fingerprint density at radius 1 is 1.19 bits per heavy atom. The molecule has 0 aromatic heterocycles. The van der Waals surface area contributed by atoms with Gasteiger partial charge in [-0.1, -0.05) is 20.8 Å². The van der Waals surface area contributed by atoms with Gasteiger partial charge >= 0.3 is 6.03 Å². The van der Waals surface area contributed by atoms with Crippen LogP contribution < -0.4 is 22.1 Å². The zero-order valence-corrected chi connectivity index (χ0v) is 13.1. The molecule has 122 valence electrons. The van der Waals surface area contributed by atoms with Gasteiger partial charge in [0.2, 0.25) is 5.91 Å². The zero-order valence-electron chi connectivity index (χ0n) is 13.1.